The summed E-state index contributed by atoms with van der Waals surface area (Å²) in [5.74, 6) is 0.586. The summed E-state index contributed by atoms with van der Waals surface area (Å²) >= 11 is 0. The molecule has 2 fully saturated rings. The second kappa shape index (κ2) is 12.9. The van der Waals surface area contributed by atoms with Crippen molar-refractivity contribution in [1.82, 2.24) is 0 Å². The zero-order valence-corrected chi connectivity index (χ0v) is 30.0. The summed E-state index contributed by atoms with van der Waals surface area (Å²) in [5.41, 5.74) is 12.5. The van der Waals surface area contributed by atoms with Gasteiger partial charge in [-0.05, 0) is 75.6 Å². The molecule has 6 atom stereocenters. The van der Waals surface area contributed by atoms with Crippen LogP contribution in [0.15, 0.2) is 50.6 Å². The van der Waals surface area contributed by atoms with Crippen molar-refractivity contribution in [3.63, 3.8) is 0 Å². The molecule has 272 valence electrons. The number of allylic oxidation sites excluding steroid dienone is 1. The van der Waals surface area contributed by atoms with Crippen LogP contribution in [0.2, 0.25) is 0 Å². The molecule has 0 amide bonds. The van der Waals surface area contributed by atoms with E-state index in [1.54, 1.807) is 36.4 Å². The van der Waals surface area contributed by atoms with Crippen molar-refractivity contribution in [3.05, 3.63) is 74.7 Å². The van der Waals surface area contributed by atoms with Gasteiger partial charge in [0.2, 0.25) is 5.43 Å². The average Bonchev–Trinajstić information content (AvgIpc) is 3.76. The SMILES string of the molecule is C[C@]1(O)CCC[C@H]2c3c(c4c5oc6c(c(=O)c5c3OC3CCCC3)[C@H](c3ccc(NO)cc3)C=C[C@@]6(O)C[C@](CO)(N=C(N)N)CSSC4)O[C@@H]21. The number of nitrogens with zero attached hydrogens (tertiary/aromatic N) is 1. The minimum atomic E-state index is -1.90. The van der Waals surface area contributed by atoms with Crippen molar-refractivity contribution >= 4 is 44.2 Å². The number of hydrogen-bond acceptors (Lipinski definition) is 12. The third-order valence-electron chi connectivity index (χ3n) is 11.3. The lowest BCUT2D eigenvalue weighted by Crippen LogP contribution is -2.47. The second-order valence-corrected chi connectivity index (χ2v) is 17.4. The van der Waals surface area contributed by atoms with Gasteiger partial charge in [0, 0.05) is 40.9 Å². The second-order valence-electron chi connectivity index (χ2n) is 15.0. The molecule has 0 spiro atoms. The number of ether oxygens (including phenoxy) is 2. The van der Waals surface area contributed by atoms with Crippen molar-refractivity contribution < 1.29 is 34.4 Å². The predicted octanol–water partition coefficient (Wildman–Crippen LogP) is 4.87. The van der Waals surface area contributed by atoms with Crippen molar-refractivity contribution in [2.75, 3.05) is 17.8 Å². The van der Waals surface area contributed by atoms with E-state index in [0.717, 1.165) is 49.7 Å². The molecule has 1 aromatic heterocycles. The molecule has 0 radical (unpaired) electrons. The first-order valence-corrected chi connectivity index (χ1v) is 20.1. The molecule has 8 rings (SSSR count). The highest BCUT2D eigenvalue weighted by Gasteiger charge is 2.53. The van der Waals surface area contributed by atoms with Crippen LogP contribution in [-0.2, 0) is 11.4 Å². The highest BCUT2D eigenvalue weighted by atomic mass is 33.1. The van der Waals surface area contributed by atoms with Crippen LogP contribution in [-0.4, -0.2) is 62.2 Å². The quantitative estimate of drug-likeness (QED) is 0.0594. The number of benzene rings is 2. The average molecular weight is 737 g/mol. The van der Waals surface area contributed by atoms with Gasteiger partial charge in [0.1, 0.15) is 45.5 Å². The minimum absolute atomic E-state index is 0.0350. The maximum absolute atomic E-state index is 15.5. The van der Waals surface area contributed by atoms with Crippen LogP contribution in [0.4, 0.5) is 5.69 Å². The van der Waals surface area contributed by atoms with Crippen LogP contribution in [0, 0.1) is 0 Å². The molecule has 3 heterocycles. The van der Waals surface area contributed by atoms with Crippen LogP contribution in [0.3, 0.4) is 0 Å². The summed E-state index contributed by atoms with van der Waals surface area (Å²) in [4.78, 5) is 19.9. The van der Waals surface area contributed by atoms with Crippen LogP contribution in [0.25, 0.3) is 11.0 Å². The van der Waals surface area contributed by atoms with Crippen LogP contribution in [0.1, 0.15) is 98.1 Å². The Kier molecular flexibility index (Phi) is 8.78. The Morgan fingerprint density at radius 1 is 1.10 bits per heavy atom. The third-order valence-corrected chi connectivity index (χ3v) is 13.8. The molecule has 3 aliphatic carbocycles. The van der Waals surface area contributed by atoms with Gasteiger partial charge < -0.3 is 40.7 Å². The number of guanidine groups is 1. The Hall–Kier alpha value is -3.40. The van der Waals surface area contributed by atoms with Gasteiger partial charge in [0.05, 0.1) is 29.6 Å². The molecule has 2 bridgehead atoms. The van der Waals surface area contributed by atoms with Crippen LogP contribution >= 0.6 is 21.6 Å². The van der Waals surface area contributed by atoms with Crippen molar-refractivity contribution in [2.24, 2.45) is 16.5 Å². The lowest BCUT2D eigenvalue weighted by Gasteiger charge is -2.38. The van der Waals surface area contributed by atoms with Gasteiger partial charge in [-0.15, -0.1) is 0 Å². The Morgan fingerprint density at radius 2 is 1.86 bits per heavy atom. The number of rotatable bonds is 6. The fourth-order valence-corrected chi connectivity index (χ4v) is 11.4. The standard InChI is InChI=1S/C37H44N4O8S2/c1-35(44)13-4-7-23-26-29(48-32(23)35)24-15-50-51-18-36(17-42,40-34(38)39)16-37(45)14-12-22(19-8-10-20(41-46)11-9-19)25-28(43)27(30(24)49-33(25)37)31(26)47-21-5-2-3-6-21/h8-12,14,21-23,32,41-42,44-46H,2-7,13,15-18H2,1H3,(H4,38,39,40)/t22-,23-,32-,35-,36+,37+/m0/s1. The number of aliphatic imine (C=N–C) groups is 1. The number of hydrogen-bond donors (Lipinski definition) is 7. The molecule has 3 aromatic rings. The van der Waals surface area contributed by atoms with Crippen LogP contribution < -0.4 is 31.8 Å². The summed E-state index contributed by atoms with van der Waals surface area (Å²) in [6.07, 6.45) is 8.50. The minimum Gasteiger partial charge on any atom is -0.489 e. The summed E-state index contributed by atoms with van der Waals surface area (Å²) in [6.45, 7) is 1.34. The van der Waals surface area contributed by atoms with Gasteiger partial charge >= 0.3 is 0 Å². The smallest absolute Gasteiger partial charge is 0.201 e. The molecular formula is C37H44N4O8S2. The van der Waals surface area contributed by atoms with E-state index in [0.29, 0.717) is 40.3 Å². The number of anilines is 1. The summed E-state index contributed by atoms with van der Waals surface area (Å²) in [5, 5.41) is 44.9. The predicted molar refractivity (Wildman–Crippen MR) is 198 cm³/mol. The molecule has 2 saturated carbocycles. The zero-order chi connectivity index (χ0) is 35.7. The van der Waals surface area contributed by atoms with E-state index in [9.17, 15) is 20.5 Å². The van der Waals surface area contributed by atoms with Gasteiger partial charge in [0.25, 0.3) is 0 Å². The number of fused-ring (bicyclic) bond motifs is 4. The van der Waals surface area contributed by atoms with Gasteiger partial charge in [-0.25, -0.2) is 4.99 Å². The van der Waals surface area contributed by atoms with Gasteiger partial charge in [0.15, 0.2) is 5.96 Å². The van der Waals surface area contributed by atoms with Crippen molar-refractivity contribution in [3.8, 4) is 11.5 Å². The highest BCUT2D eigenvalue weighted by molar-refractivity contribution is 8.76. The maximum atomic E-state index is 15.5. The van der Waals surface area contributed by atoms with Crippen molar-refractivity contribution in [2.45, 2.75) is 105 Å². The van der Waals surface area contributed by atoms with Gasteiger partial charge in [-0.3, -0.25) is 15.5 Å². The number of nitrogens with one attached hydrogen (secondary N) is 1. The molecule has 0 unspecified atom stereocenters. The molecule has 51 heavy (non-hydrogen) atoms. The summed E-state index contributed by atoms with van der Waals surface area (Å²) in [6, 6.07) is 7.00. The van der Waals surface area contributed by atoms with E-state index in [-0.39, 0.29) is 52.5 Å². The van der Waals surface area contributed by atoms with Gasteiger partial charge in [-0.1, -0.05) is 39.8 Å². The monoisotopic (exact) mass is 736 g/mol. The van der Waals surface area contributed by atoms with E-state index in [2.05, 4.69) is 10.5 Å². The number of nitrogens with two attached hydrogens (primary N) is 2. The fourth-order valence-electron chi connectivity index (χ4n) is 8.91. The normalized spacial score (nSPS) is 31.4. The van der Waals surface area contributed by atoms with Crippen molar-refractivity contribution in [1.29, 1.82) is 0 Å². The molecule has 9 N–H and O–H groups in total. The molecule has 14 heteroatoms. The molecule has 2 aromatic carbocycles. The van der Waals surface area contributed by atoms with E-state index < -0.39 is 35.4 Å². The lowest BCUT2D eigenvalue weighted by molar-refractivity contribution is -0.0727. The molecule has 12 nitrogen and oxygen atoms in total. The van der Waals surface area contributed by atoms with E-state index in [4.69, 9.17) is 25.4 Å². The molecular weight excluding hydrogens is 693 g/mol. The first kappa shape index (κ1) is 34.7. The number of aliphatic hydroxyl groups is 3. The number of aliphatic hydroxyl groups excluding tert-OH is 1. The first-order chi connectivity index (χ1) is 24.5. The topological polar surface area (TPSA) is 206 Å². The summed E-state index contributed by atoms with van der Waals surface area (Å²) < 4.78 is 20.6. The molecule has 5 aliphatic rings. The van der Waals surface area contributed by atoms with E-state index >= 15 is 4.79 Å². The van der Waals surface area contributed by atoms with E-state index in [1.807, 2.05) is 6.92 Å². The fraction of sp³-hybridized carbons (Fsp3) is 0.514. The Balaban J connectivity index is 1.45. The Morgan fingerprint density at radius 3 is 2.57 bits per heavy atom. The largest absolute Gasteiger partial charge is 0.489 e. The lowest BCUT2D eigenvalue weighted by atomic mass is 9.73. The Labute approximate surface area is 303 Å². The zero-order valence-electron chi connectivity index (χ0n) is 28.4. The molecule has 2 aliphatic heterocycles. The summed E-state index contributed by atoms with van der Waals surface area (Å²) in [7, 11) is 2.93. The highest BCUT2D eigenvalue weighted by Crippen LogP contribution is 2.58. The van der Waals surface area contributed by atoms with Crippen LogP contribution in [0.5, 0.6) is 11.5 Å². The first-order valence-electron chi connectivity index (χ1n) is 17.6. The molecule has 0 saturated heterocycles. The van der Waals surface area contributed by atoms with E-state index in [1.165, 1.54) is 21.6 Å². The van der Waals surface area contributed by atoms with Gasteiger partial charge in [-0.2, -0.15) is 0 Å². The third kappa shape index (κ3) is 5.78. The maximum Gasteiger partial charge on any atom is 0.201 e. The Bertz CT molecular complexity index is 1970.